The van der Waals surface area contributed by atoms with Crippen LogP contribution in [0.4, 0.5) is 16.3 Å². The molecule has 0 saturated carbocycles. The summed E-state index contributed by atoms with van der Waals surface area (Å²) < 4.78 is 4.91. The van der Waals surface area contributed by atoms with Gasteiger partial charge in [0.2, 0.25) is 11.8 Å². The number of hydrogen-bond acceptors (Lipinski definition) is 9. The largest absolute Gasteiger partial charge is 0.467 e. The van der Waals surface area contributed by atoms with Gasteiger partial charge in [-0.1, -0.05) is 6.07 Å². The lowest BCUT2D eigenvalue weighted by Crippen LogP contribution is -2.54. The molecule has 188 valence electrons. The number of urea groups is 1. The topological polar surface area (TPSA) is 172 Å². The molecule has 0 radical (unpaired) electrons. The van der Waals surface area contributed by atoms with Gasteiger partial charge in [-0.2, -0.15) is 4.98 Å². The van der Waals surface area contributed by atoms with Crippen LogP contribution in [0.5, 0.6) is 6.01 Å². The van der Waals surface area contributed by atoms with Crippen LogP contribution in [0.1, 0.15) is 46.4 Å². The van der Waals surface area contributed by atoms with Gasteiger partial charge in [-0.3, -0.25) is 34.7 Å². The van der Waals surface area contributed by atoms with Crippen molar-refractivity contribution in [3.63, 3.8) is 0 Å². The number of rotatable bonds is 9. The van der Waals surface area contributed by atoms with Crippen LogP contribution in [0.15, 0.2) is 30.5 Å². The summed E-state index contributed by atoms with van der Waals surface area (Å²) in [6.45, 7) is 0.895. The van der Waals surface area contributed by atoms with E-state index in [1.807, 2.05) is 0 Å². The number of benzene rings is 1. The molecule has 1 saturated heterocycles. The maximum Gasteiger partial charge on any atom is 0.320 e. The number of nitrogens with one attached hydrogen (secondary N) is 4. The fourth-order valence-electron chi connectivity index (χ4n) is 4.01. The second kappa shape index (κ2) is 10.8. The van der Waals surface area contributed by atoms with Gasteiger partial charge in [-0.25, -0.2) is 9.78 Å². The number of aromatic nitrogens is 2. The highest BCUT2D eigenvalue weighted by molar-refractivity contribution is 6.25. The Balaban J connectivity index is 1.26. The van der Waals surface area contributed by atoms with Gasteiger partial charge in [-0.15, -0.1) is 0 Å². The molecule has 1 aromatic carbocycles. The molecule has 36 heavy (non-hydrogen) atoms. The number of unbranched alkanes of at least 4 members (excludes halogenated alkanes) is 1. The lowest BCUT2D eigenvalue weighted by atomic mass is 10.0. The van der Waals surface area contributed by atoms with Crippen molar-refractivity contribution in [3.05, 3.63) is 41.6 Å². The van der Waals surface area contributed by atoms with Crippen molar-refractivity contribution >= 4 is 41.2 Å². The summed E-state index contributed by atoms with van der Waals surface area (Å²) in [6, 6.07) is 5.16. The Morgan fingerprint density at radius 2 is 1.94 bits per heavy atom. The summed E-state index contributed by atoms with van der Waals surface area (Å²) in [6.07, 6.45) is 2.95. The predicted molar refractivity (Wildman–Crippen MR) is 126 cm³/mol. The van der Waals surface area contributed by atoms with Crippen molar-refractivity contribution < 1.29 is 28.7 Å². The van der Waals surface area contributed by atoms with E-state index in [2.05, 4.69) is 31.2 Å². The van der Waals surface area contributed by atoms with Crippen LogP contribution >= 0.6 is 0 Å². The third-order valence-electron chi connectivity index (χ3n) is 5.73. The number of anilines is 2. The van der Waals surface area contributed by atoms with E-state index in [1.54, 1.807) is 18.2 Å². The lowest BCUT2D eigenvalue weighted by Gasteiger charge is -2.27. The van der Waals surface area contributed by atoms with E-state index in [1.165, 1.54) is 19.4 Å². The van der Waals surface area contributed by atoms with Gasteiger partial charge in [0.15, 0.2) is 0 Å². The number of carbonyl (C=O) groups is 5. The minimum atomic E-state index is -1.01. The van der Waals surface area contributed by atoms with E-state index in [-0.39, 0.29) is 30.0 Å². The predicted octanol–water partition coefficient (Wildman–Crippen LogP) is 0.900. The number of methoxy groups -OCH3 is 1. The molecule has 0 spiro atoms. The fraction of sp³-hybridized carbons (Fsp3) is 0.348. The van der Waals surface area contributed by atoms with Crippen LogP contribution in [0, 0.1) is 0 Å². The van der Waals surface area contributed by atoms with Gasteiger partial charge < -0.3 is 15.4 Å². The highest BCUT2D eigenvalue weighted by Crippen LogP contribution is 2.32. The van der Waals surface area contributed by atoms with Gasteiger partial charge in [0.05, 0.1) is 18.2 Å². The van der Waals surface area contributed by atoms with Gasteiger partial charge in [0.25, 0.3) is 11.8 Å². The molecule has 0 aliphatic carbocycles. The first-order valence-electron chi connectivity index (χ1n) is 11.4. The Morgan fingerprint density at radius 1 is 1.14 bits per heavy atom. The van der Waals surface area contributed by atoms with E-state index < -0.39 is 35.7 Å². The first-order valence-corrected chi connectivity index (χ1v) is 11.4. The maximum atomic E-state index is 13.1. The molecular weight excluding hydrogens is 470 g/mol. The number of fused-ring (bicyclic) bond motifs is 1. The molecule has 3 heterocycles. The number of ether oxygens (including phenoxy) is 1. The fourth-order valence-corrected chi connectivity index (χ4v) is 4.01. The summed E-state index contributed by atoms with van der Waals surface area (Å²) in [5, 5.41) is 10.7. The third kappa shape index (κ3) is 5.24. The molecule has 2 aromatic rings. The zero-order valence-corrected chi connectivity index (χ0v) is 19.5. The van der Waals surface area contributed by atoms with Crippen molar-refractivity contribution in [1.82, 2.24) is 25.5 Å². The van der Waals surface area contributed by atoms with Gasteiger partial charge in [-0.05, 0) is 37.5 Å². The lowest BCUT2D eigenvalue weighted by molar-refractivity contribution is -0.136. The first kappa shape index (κ1) is 24.6. The number of imide groups is 2. The molecule has 1 atom stereocenters. The summed E-state index contributed by atoms with van der Waals surface area (Å²) in [7, 11) is 1.43. The van der Waals surface area contributed by atoms with Crippen LogP contribution in [0.3, 0.4) is 0 Å². The van der Waals surface area contributed by atoms with Gasteiger partial charge in [0, 0.05) is 31.4 Å². The molecule has 1 unspecified atom stereocenters. The second-order valence-electron chi connectivity index (χ2n) is 8.12. The highest BCUT2D eigenvalue weighted by atomic mass is 16.5. The Labute approximate surface area is 206 Å². The van der Waals surface area contributed by atoms with Crippen molar-refractivity contribution in [2.75, 3.05) is 30.8 Å². The van der Waals surface area contributed by atoms with Crippen molar-refractivity contribution in [2.45, 2.75) is 31.7 Å². The van der Waals surface area contributed by atoms with Crippen molar-refractivity contribution in [3.8, 4) is 6.01 Å². The molecule has 1 aromatic heterocycles. The number of amides is 6. The van der Waals surface area contributed by atoms with Crippen LogP contribution in [0.25, 0.3) is 0 Å². The molecule has 4 N–H and O–H groups in total. The SMILES string of the molecule is COc1nccc(NC(=O)NCCCCNc2cccc3c2C(=O)N(C2CCC(=O)NC2=O)C3=O)n1. The average Bonchev–Trinajstić information content (AvgIpc) is 3.12. The monoisotopic (exact) mass is 495 g/mol. The molecular formula is C23H25N7O6. The quantitative estimate of drug-likeness (QED) is 0.291. The normalized spacial score (nSPS) is 16.9. The van der Waals surface area contributed by atoms with Crippen molar-refractivity contribution in [2.24, 2.45) is 0 Å². The van der Waals surface area contributed by atoms with Gasteiger partial charge >= 0.3 is 12.0 Å². The molecule has 1 fully saturated rings. The molecule has 2 aliphatic rings. The Hall–Kier alpha value is -4.55. The molecule has 0 bridgehead atoms. The number of nitrogens with zero attached hydrogens (tertiary/aromatic N) is 3. The molecule has 13 heteroatoms. The Bertz CT molecular complexity index is 1220. The Kier molecular flexibility index (Phi) is 7.37. The molecule has 4 rings (SSSR count). The van der Waals surface area contributed by atoms with Crippen LogP contribution in [-0.2, 0) is 9.59 Å². The van der Waals surface area contributed by atoms with E-state index in [0.717, 1.165) is 4.90 Å². The second-order valence-corrected chi connectivity index (χ2v) is 8.12. The maximum absolute atomic E-state index is 13.1. The van der Waals surface area contributed by atoms with Gasteiger partial charge in [0.1, 0.15) is 11.9 Å². The third-order valence-corrected chi connectivity index (χ3v) is 5.73. The summed E-state index contributed by atoms with van der Waals surface area (Å²) in [5.74, 6) is -1.87. The standard InChI is InChI=1S/C23H25N7O6/c1-36-23-26-12-9-16(28-23)27-22(35)25-11-3-2-10-24-14-6-4-5-13-18(14)21(34)30(20(13)33)15-7-8-17(31)29-19(15)32/h4-6,9,12,15,24H,2-3,7-8,10-11H2,1H3,(H,29,31,32)(H2,25,26,27,28,35). The van der Waals surface area contributed by atoms with E-state index in [0.29, 0.717) is 37.4 Å². The summed E-state index contributed by atoms with van der Waals surface area (Å²) in [5.41, 5.74) is 0.920. The summed E-state index contributed by atoms with van der Waals surface area (Å²) in [4.78, 5) is 70.4. The molecule has 6 amide bonds. The summed E-state index contributed by atoms with van der Waals surface area (Å²) >= 11 is 0. The smallest absolute Gasteiger partial charge is 0.320 e. The van der Waals surface area contributed by atoms with Crippen LogP contribution in [-0.4, -0.2) is 70.8 Å². The zero-order valence-electron chi connectivity index (χ0n) is 19.5. The van der Waals surface area contributed by atoms with Crippen LogP contribution in [0.2, 0.25) is 0 Å². The van der Waals surface area contributed by atoms with E-state index >= 15 is 0 Å². The zero-order chi connectivity index (χ0) is 25.7. The highest BCUT2D eigenvalue weighted by Gasteiger charge is 2.45. The molecule has 13 nitrogen and oxygen atoms in total. The molecule has 2 aliphatic heterocycles. The average molecular weight is 495 g/mol. The van der Waals surface area contributed by atoms with Crippen LogP contribution < -0.4 is 26.0 Å². The number of carbonyl (C=O) groups excluding carboxylic acids is 5. The first-order chi connectivity index (χ1) is 17.4. The number of piperidine rings is 1. The van der Waals surface area contributed by atoms with Crippen molar-refractivity contribution in [1.29, 1.82) is 0 Å². The van der Waals surface area contributed by atoms with E-state index in [4.69, 9.17) is 4.74 Å². The number of hydrogen-bond donors (Lipinski definition) is 4. The minimum Gasteiger partial charge on any atom is -0.467 e. The Morgan fingerprint density at radius 3 is 2.72 bits per heavy atom. The van der Waals surface area contributed by atoms with E-state index in [9.17, 15) is 24.0 Å². The minimum absolute atomic E-state index is 0.0637.